The van der Waals surface area contributed by atoms with Crippen LogP contribution >= 0.6 is 34.7 Å². The van der Waals surface area contributed by atoms with Gasteiger partial charge < -0.3 is 5.32 Å². The Balaban J connectivity index is 1.52. The maximum absolute atomic E-state index is 13.5. The van der Waals surface area contributed by atoms with Crippen molar-refractivity contribution in [2.45, 2.75) is 4.34 Å². The molecule has 1 aromatic heterocycles. The van der Waals surface area contributed by atoms with E-state index in [-0.39, 0.29) is 22.5 Å². The number of nitrogens with one attached hydrogen (secondary N) is 2. The molecule has 28 heavy (non-hydrogen) atoms. The van der Waals surface area contributed by atoms with E-state index in [4.69, 9.17) is 11.6 Å². The third kappa shape index (κ3) is 5.47. The number of carbonyl (C=O) groups excluding carboxylic acids is 2. The van der Waals surface area contributed by atoms with Gasteiger partial charge >= 0.3 is 0 Å². The number of benzene rings is 2. The van der Waals surface area contributed by atoms with Crippen molar-refractivity contribution in [3.8, 4) is 0 Å². The Morgan fingerprint density at radius 3 is 2.54 bits per heavy atom. The van der Waals surface area contributed by atoms with Crippen LogP contribution in [0.3, 0.4) is 0 Å². The largest absolute Gasteiger partial charge is 0.323 e. The molecule has 2 N–H and O–H groups in total. The van der Waals surface area contributed by atoms with Crippen LogP contribution in [0, 0.1) is 11.6 Å². The van der Waals surface area contributed by atoms with Crippen molar-refractivity contribution >= 4 is 57.3 Å². The van der Waals surface area contributed by atoms with Gasteiger partial charge in [-0.2, -0.15) is 0 Å². The molecular weight excluding hydrogens is 430 g/mol. The molecule has 1 heterocycles. The van der Waals surface area contributed by atoms with E-state index in [9.17, 15) is 18.4 Å². The molecule has 0 spiro atoms. The van der Waals surface area contributed by atoms with Crippen molar-refractivity contribution < 1.29 is 18.4 Å². The molecule has 0 saturated carbocycles. The molecule has 0 saturated heterocycles. The second kappa shape index (κ2) is 9.09. The lowest BCUT2D eigenvalue weighted by molar-refractivity contribution is -0.113. The SMILES string of the molecule is O=C(CSc1nnc(NC(=O)c2ccc(Cl)cc2)s1)Nc1ccc(F)cc1F. The van der Waals surface area contributed by atoms with Crippen molar-refractivity contribution in [2.24, 2.45) is 0 Å². The summed E-state index contributed by atoms with van der Waals surface area (Å²) in [6, 6.07) is 9.22. The summed E-state index contributed by atoms with van der Waals surface area (Å²) in [5.41, 5.74) is 0.301. The zero-order valence-corrected chi connectivity index (χ0v) is 16.3. The number of hydrogen-bond donors (Lipinski definition) is 2. The maximum atomic E-state index is 13.5. The van der Waals surface area contributed by atoms with Gasteiger partial charge in [-0.15, -0.1) is 10.2 Å². The Morgan fingerprint density at radius 1 is 1.07 bits per heavy atom. The average molecular weight is 441 g/mol. The Kier molecular flexibility index (Phi) is 6.55. The van der Waals surface area contributed by atoms with Crippen LogP contribution in [0.2, 0.25) is 5.02 Å². The minimum absolute atomic E-state index is 0.0589. The van der Waals surface area contributed by atoms with Crippen molar-refractivity contribution in [1.29, 1.82) is 0 Å². The number of carbonyl (C=O) groups is 2. The molecule has 6 nitrogen and oxygen atoms in total. The molecule has 0 bridgehead atoms. The number of thioether (sulfide) groups is 1. The van der Waals surface area contributed by atoms with Gasteiger partial charge in [0.15, 0.2) is 4.34 Å². The third-order valence-electron chi connectivity index (χ3n) is 3.27. The molecule has 3 rings (SSSR count). The molecular formula is C17H11ClF2N4O2S2. The van der Waals surface area contributed by atoms with Crippen LogP contribution in [0.25, 0.3) is 0 Å². The number of hydrogen-bond acceptors (Lipinski definition) is 6. The summed E-state index contributed by atoms with van der Waals surface area (Å²) in [6.07, 6.45) is 0. The second-order valence-electron chi connectivity index (χ2n) is 5.30. The fourth-order valence-electron chi connectivity index (χ4n) is 1.99. The molecule has 2 aromatic carbocycles. The van der Waals surface area contributed by atoms with Crippen LogP contribution < -0.4 is 10.6 Å². The summed E-state index contributed by atoms with van der Waals surface area (Å²) in [5.74, 6) is -2.50. The highest BCUT2D eigenvalue weighted by molar-refractivity contribution is 8.01. The normalized spacial score (nSPS) is 10.5. The van der Waals surface area contributed by atoms with E-state index in [1.54, 1.807) is 24.3 Å². The first-order valence-electron chi connectivity index (χ1n) is 7.69. The first kappa shape index (κ1) is 20.2. The summed E-state index contributed by atoms with van der Waals surface area (Å²) >= 11 is 7.94. The summed E-state index contributed by atoms with van der Waals surface area (Å²) in [6.45, 7) is 0. The minimum atomic E-state index is -0.860. The zero-order valence-electron chi connectivity index (χ0n) is 13.9. The van der Waals surface area contributed by atoms with Crippen LogP contribution in [0.15, 0.2) is 46.8 Å². The molecule has 0 atom stereocenters. The quantitative estimate of drug-likeness (QED) is 0.437. The average Bonchev–Trinajstić information content (AvgIpc) is 3.10. The van der Waals surface area contributed by atoms with Gasteiger partial charge in [-0.05, 0) is 36.4 Å². The third-order valence-corrected chi connectivity index (χ3v) is 5.49. The Morgan fingerprint density at radius 2 is 1.82 bits per heavy atom. The molecule has 0 radical (unpaired) electrons. The lowest BCUT2D eigenvalue weighted by atomic mass is 10.2. The molecule has 0 aliphatic heterocycles. The summed E-state index contributed by atoms with van der Waals surface area (Å²) in [4.78, 5) is 24.0. The number of halogens is 3. The minimum Gasteiger partial charge on any atom is -0.323 e. The Bertz CT molecular complexity index is 1010. The molecule has 3 aromatic rings. The van der Waals surface area contributed by atoms with E-state index in [2.05, 4.69) is 20.8 Å². The molecule has 0 unspecified atom stereocenters. The van der Waals surface area contributed by atoms with Crippen molar-refractivity contribution in [3.05, 3.63) is 64.7 Å². The Labute approximate surface area is 171 Å². The lowest BCUT2D eigenvalue weighted by Crippen LogP contribution is -2.15. The monoisotopic (exact) mass is 440 g/mol. The highest BCUT2D eigenvalue weighted by Crippen LogP contribution is 2.26. The molecule has 0 aliphatic rings. The number of rotatable bonds is 6. The standard InChI is InChI=1S/C17H11ClF2N4O2S2/c18-10-3-1-9(2-4-10)15(26)22-16-23-24-17(28-16)27-8-14(25)21-13-6-5-11(19)7-12(13)20/h1-7H,8H2,(H,21,25)(H,22,23,26). The van der Waals surface area contributed by atoms with Crippen LogP contribution in [-0.4, -0.2) is 27.8 Å². The predicted octanol–water partition coefficient (Wildman–Crippen LogP) is 4.45. The van der Waals surface area contributed by atoms with E-state index in [1.165, 1.54) is 0 Å². The van der Waals surface area contributed by atoms with E-state index < -0.39 is 17.5 Å². The molecule has 11 heteroatoms. The molecule has 2 amide bonds. The smallest absolute Gasteiger partial charge is 0.257 e. The first-order valence-corrected chi connectivity index (χ1v) is 9.87. The molecule has 0 aliphatic carbocycles. The van der Waals surface area contributed by atoms with Gasteiger partial charge in [-0.25, -0.2) is 8.78 Å². The summed E-state index contributed by atoms with van der Waals surface area (Å²) in [5, 5.41) is 13.5. The predicted molar refractivity (Wildman–Crippen MR) is 105 cm³/mol. The highest BCUT2D eigenvalue weighted by Gasteiger charge is 2.13. The number of aromatic nitrogens is 2. The number of nitrogens with zero attached hydrogens (tertiary/aromatic N) is 2. The van der Waals surface area contributed by atoms with Crippen molar-refractivity contribution in [3.63, 3.8) is 0 Å². The highest BCUT2D eigenvalue weighted by atomic mass is 35.5. The fraction of sp³-hybridized carbons (Fsp3) is 0.0588. The van der Waals surface area contributed by atoms with Gasteiger partial charge in [-0.1, -0.05) is 34.7 Å². The number of anilines is 2. The van der Waals surface area contributed by atoms with E-state index in [0.29, 0.717) is 21.0 Å². The van der Waals surface area contributed by atoms with E-state index in [1.807, 2.05) is 0 Å². The zero-order chi connectivity index (χ0) is 20.1. The topological polar surface area (TPSA) is 84.0 Å². The fourth-order valence-corrected chi connectivity index (χ4v) is 3.67. The van der Waals surface area contributed by atoms with Gasteiger partial charge in [0, 0.05) is 16.7 Å². The summed E-state index contributed by atoms with van der Waals surface area (Å²) in [7, 11) is 0. The van der Waals surface area contributed by atoms with Gasteiger partial charge in [-0.3, -0.25) is 14.9 Å². The van der Waals surface area contributed by atoms with Gasteiger partial charge in [0.05, 0.1) is 11.4 Å². The first-order chi connectivity index (χ1) is 13.4. The maximum Gasteiger partial charge on any atom is 0.257 e. The van der Waals surface area contributed by atoms with E-state index in [0.717, 1.165) is 35.2 Å². The second-order valence-corrected chi connectivity index (χ2v) is 7.93. The van der Waals surface area contributed by atoms with Gasteiger partial charge in [0.1, 0.15) is 11.6 Å². The van der Waals surface area contributed by atoms with Crippen LogP contribution in [-0.2, 0) is 4.79 Å². The number of amides is 2. The van der Waals surface area contributed by atoms with Gasteiger partial charge in [0.25, 0.3) is 5.91 Å². The lowest BCUT2D eigenvalue weighted by Gasteiger charge is -2.05. The van der Waals surface area contributed by atoms with Gasteiger partial charge in [0.2, 0.25) is 11.0 Å². The molecule has 0 fully saturated rings. The Hall–Kier alpha value is -2.56. The summed E-state index contributed by atoms with van der Waals surface area (Å²) < 4.78 is 26.8. The van der Waals surface area contributed by atoms with Crippen molar-refractivity contribution in [1.82, 2.24) is 10.2 Å². The van der Waals surface area contributed by atoms with Crippen LogP contribution in [0.4, 0.5) is 19.6 Å². The van der Waals surface area contributed by atoms with Crippen molar-refractivity contribution in [2.75, 3.05) is 16.4 Å². The molecule has 144 valence electrons. The van der Waals surface area contributed by atoms with E-state index >= 15 is 0 Å². The van der Waals surface area contributed by atoms with Crippen LogP contribution in [0.5, 0.6) is 0 Å². The van der Waals surface area contributed by atoms with Crippen LogP contribution in [0.1, 0.15) is 10.4 Å².